The molecule has 0 saturated heterocycles. The predicted octanol–water partition coefficient (Wildman–Crippen LogP) is 2.91. The first-order valence-electron chi connectivity index (χ1n) is 7.21. The SMILES string of the molecule is Cc1cc(C)cc(OCC(=O)OCC(=O)Nc2cccnc2Cl)c1. The van der Waals surface area contributed by atoms with Gasteiger partial charge >= 0.3 is 5.97 Å². The van der Waals surface area contributed by atoms with E-state index in [2.05, 4.69) is 10.3 Å². The highest BCUT2D eigenvalue weighted by molar-refractivity contribution is 6.32. The van der Waals surface area contributed by atoms with Crippen LogP contribution in [0.2, 0.25) is 5.15 Å². The quantitative estimate of drug-likeness (QED) is 0.641. The zero-order chi connectivity index (χ0) is 17.5. The molecule has 1 N–H and O–H groups in total. The van der Waals surface area contributed by atoms with E-state index < -0.39 is 18.5 Å². The summed E-state index contributed by atoms with van der Waals surface area (Å²) in [4.78, 5) is 27.2. The summed E-state index contributed by atoms with van der Waals surface area (Å²) < 4.78 is 10.2. The Morgan fingerprint density at radius 3 is 2.54 bits per heavy atom. The molecule has 0 aliphatic carbocycles. The standard InChI is InChI=1S/C17H17ClN2O4/c1-11-6-12(2)8-13(7-11)23-10-16(22)24-9-15(21)20-14-4-3-5-19-17(14)18/h3-8H,9-10H2,1-2H3,(H,20,21). The van der Waals surface area contributed by atoms with Gasteiger partial charge in [-0.2, -0.15) is 0 Å². The third-order valence-electron chi connectivity index (χ3n) is 2.95. The van der Waals surface area contributed by atoms with Gasteiger partial charge in [0.15, 0.2) is 18.4 Å². The highest BCUT2D eigenvalue weighted by atomic mass is 35.5. The van der Waals surface area contributed by atoms with Crippen molar-refractivity contribution in [2.45, 2.75) is 13.8 Å². The summed E-state index contributed by atoms with van der Waals surface area (Å²) in [6, 6.07) is 8.86. The van der Waals surface area contributed by atoms with Crippen LogP contribution in [0.1, 0.15) is 11.1 Å². The summed E-state index contributed by atoms with van der Waals surface area (Å²) in [7, 11) is 0. The molecule has 1 heterocycles. The molecule has 7 heteroatoms. The van der Waals surface area contributed by atoms with Crippen molar-refractivity contribution in [1.29, 1.82) is 0 Å². The number of esters is 1. The Morgan fingerprint density at radius 1 is 1.17 bits per heavy atom. The first-order chi connectivity index (χ1) is 11.4. The fourth-order valence-electron chi connectivity index (χ4n) is 2.01. The molecule has 0 saturated carbocycles. The van der Waals surface area contributed by atoms with Crippen molar-refractivity contribution in [3.8, 4) is 5.75 Å². The van der Waals surface area contributed by atoms with Gasteiger partial charge in [-0.15, -0.1) is 0 Å². The van der Waals surface area contributed by atoms with Crippen LogP contribution in [0, 0.1) is 13.8 Å². The number of nitrogens with zero attached hydrogens (tertiary/aromatic N) is 1. The highest BCUT2D eigenvalue weighted by Gasteiger charge is 2.10. The van der Waals surface area contributed by atoms with Gasteiger partial charge in [-0.05, 0) is 49.2 Å². The van der Waals surface area contributed by atoms with Gasteiger partial charge in [0.2, 0.25) is 0 Å². The lowest BCUT2D eigenvalue weighted by Crippen LogP contribution is -2.23. The van der Waals surface area contributed by atoms with E-state index in [4.69, 9.17) is 21.1 Å². The van der Waals surface area contributed by atoms with Crippen molar-refractivity contribution in [3.63, 3.8) is 0 Å². The number of aromatic nitrogens is 1. The number of pyridine rings is 1. The lowest BCUT2D eigenvalue weighted by atomic mass is 10.1. The number of benzene rings is 1. The van der Waals surface area contributed by atoms with Gasteiger partial charge < -0.3 is 14.8 Å². The van der Waals surface area contributed by atoms with Crippen LogP contribution in [-0.4, -0.2) is 30.1 Å². The van der Waals surface area contributed by atoms with E-state index in [1.807, 2.05) is 32.0 Å². The van der Waals surface area contributed by atoms with Gasteiger partial charge in [0, 0.05) is 6.20 Å². The van der Waals surface area contributed by atoms with E-state index in [1.165, 1.54) is 6.20 Å². The van der Waals surface area contributed by atoms with Gasteiger partial charge in [0.05, 0.1) is 5.69 Å². The van der Waals surface area contributed by atoms with Crippen molar-refractivity contribution in [1.82, 2.24) is 4.98 Å². The number of carbonyl (C=O) groups is 2. The van der Waals surface area contributed by atoms with Crippen LogP contribution < -0.4 is 10.1 Å². The number of anilines is 1. The average Bonchev–Trinajstić information content (AvgIpc) is 2.52. The summed E-state index contributed by atoms with van der Waals surface area (Å²) in [6.45, 7) is 3.17. The van der Waals surface area contributed by atoms with Crippen LogP contribution in [0.15, 0.2) is 36.5 Å². The molecule has 0 aliphatic rings. The van der Waals surface area contributed by atoms with Crippen molar-refractivity contribution >= 4 is 29.2 Å². The fraction of sp³-hybridized carbons (Fsp3) is 0.235. The Hall–Kier alpha value is -2.60. The number of nitrogens with one attached hydrogen (secondary N) is 1. The van der Waals surface area contributed by atoms with E-state index in [9.17, 15) is 9.59 Å². The Morgan fingerprint density at radius 2 is 1.88 bits per heavy atom. The maximum absolute atomic E-state index is 11.7. The van der Waals surface area contributed by atoms with E-state index >= 15 is 0 Å². The second kappa shape index (κ2) is 8.31. The first-order valence-corrected chi connectivity index (χ1v) is 7.59. The predicted molar refractivity (Wildman–Crippen MR) is 90.2 cm³/mol. The molecular weight excluding hydrogens is 332 g/mol. The van der Waals surface area contributed by atoms with Gasteiger partial charge in [0.1, 0.15) is 5.75 Å². The van der Waals surface area contributed by atoms with Gasteiger partial charge in [-0.1, -0.05) is 17.7 Å². The molecule has 2 aromatic rings. The maximum Gasteiger partial charge on any atom is 0.344 e. The molecule has 0 aliphatic heterocycles. The van der Waals surface area contributed by atoms with Crippen molar-refractivity contribution in [2.24, 2.45) is 0 Å². The third-order valence-corrected chi connectivity index (χ3v) is 3.25. The molecule has 0 bridgehead atoms. The number of carbonyl (C=O) groups excluding carboxylic acids is 2. The van der Waals surface area contributed by atoms with Crippen LogP contribution in [-0.2, 0) is 14.3 Å². The van der Waals surface area contributed by atoms with Crippen LogP contribution in [0.25, 0.3) is 0 Å². The molecule has 0 spiro atoms. The second-order valence-corrected chi connectivity index (χ2v) is 5.52. The molecule has 0 fully saturated rings. The molecule has 1 amide bonds. The van der Waals surface area contributed by atoms with Gasteiger partial charge in [-0.25, -0.2) is 9.78 Å². The number of hydrogen-bond acceptors (Lipinski definition) is 5. The summed E-state index contributed by atoms with van der Waals surface area (Å²) in [6.07, 6.45) is 1.50. The second-order valence-electron chi connectivity index (χ2n) is 5.16. The van der Waals surface area contributed by atoms with Gasteiger partial charge in [-0.3, -0.25) is 4.79 Å². The minimum absolute atomic E-state index is 0.162. The van der Waals surface area contributed by atoms with Crippen molar-refractivity contribution < 1.29 is 19.1 Å². The monoisotopic (exact) mass is 348 g/mol. The number of amides is 1. The Kier molecular flexibility index (Phi) is 6.14. The number of halogens is 1. The average molecular weight is 349 g/mol. The van der Waals surface area contributed by atoms with E-state index in [0.29, 0.717) is 11.4 Å². The lowest BCUT2D eigenvalue weighted by Gasteiger charge is -2.09. The van der Waals surface area contributed by atoms with E-state index in [1.54, 1.807) is 12.1 Å². The zero-order valence-electron chi connectivity index (χ0n) is 13.3. The smallest absolute Gasteiger partial charge is 0.344 e. The largest absolute Gasteiger partial charge is 0.482 e. The minimum atomic E-state index is -0.637. The molecule has 126 valence electrons. The molecule has 1 aromatic heterocycles. The summed E-state index contributed by atoms with van der Waals surface area (Å²) in [5.41, 5.74) is 2.42. The summed E-state index contributed by atoms with van der Waals surface area (Å²) >= 11 is 5.82. The van der Waals surface area contributed by atoms with Crippen LogP contribution in [0.3, 0.4) is 0 Å². The molecule has 1 aromatic carbocycles. The number of hydrogen-bond donors (Lipinski definition) is 1. The number of aryl methyl sites for hydroxylation is 2. The minimum Gasteiger partial charge on any atom is -0.482 e. The lowest BCUT2D eigenvalue weighted by molar-refractivity contribution is -0.149. The van der Waals surface area contributed by atoms with Crippen LogP contribution in [0.4, 0.5) is 5.69 Å². The number of ether oxygens (including phenoxy) is 2. The maximum atomic E-state index is 11.7. The van der Waals surface area contributed by atoms with Crippen LogP contribution >= 0.6 is 11.6 Å². The summed E-state index contributed by atoms with van der Waals surface area (Å²) in [5, 5.41) is 2.67. The Balaban J connectivity index is 1.76. The van der Waals surface area contributed by atoms with Gasteiger partial charge in [0.25, 0.3) is 5.91 Å². The Labute approximate surface area is 144 Å². The molecular formula is C17H17ClN2O4. The van der Waals surface area contributed by atoms with E-state index in [-0.39, 0.29) is 11.8 Å². The molecule has 0 radical (unpaired) electrons. The first kappa shape index (κ1) is 17.7. The molecule has 2 rings (SSSR count). The van der Waals surface area contributed by atoms with Crippen LogP contribution in [0.5, 0.6) is 5.75 Å². The van der Waals surface area contributed by atoms with E-state index in [0.717, 1.165) is 11.1 Å². The zero-order valence-corrected chi connectivity index (χ0v) is 14.1. The van der Waals surface area contributed by atoms with Crippen molar-refractivity contribution in [2.75, 3.05) is 18.5 Å². The topological polar surface area (TPSA) is 77.5 Å². The van der Waals surface area contributed by atoms with Crippen molar-refractivity contribution in [3.05, 3.63) is 52.8 Å². The summed E-state index contributed by atoms with van der Waals surface area (Å²) in [5.74, 6) is -0.567. The normalized spacial score (nSPS) is 10.1. The molecule has 6 nitrogen and oxygen atoms in total. The Bertz CT molecular complexity index is 729. The highest BCUT2D eigenvalue weighted by Crippen LogP contribution is 2.17. The third kappa shape index (κ3) is 5.55. The fourth-order valence-corrected chi connectivity index (χ4v) is 2.18. The molecule has 24 heavy (non-hydrogen) atoms. The molecule has 0 unspecified atom stereocenters. The molecule has 0 atom stereocenters. The number of rotatable bonds is 6.